The van der Waals surface area contributed by atoms with Gasteiger partial charge in [0.1, 0.15) is 16.1 Å². The molecule has 0 amide bonds. The lowest BCUT2D eigenvalue weighted by atomic mass is 10.2. The first-order valence-electron chi connectivity index (χ1n) is 4.84. The number of benzene rings is 1. The zero-order chi connectivity index (χ0) is 11.5. The summed E-state index contributed by atoms with van der Waals surface area (Å²) in [5.41, 5.74) is 1.92. The third kappa shape index (κ3) is 4.06. The highest BCUT2D eigenvalue weighted by atomic mass is 32.2. The van der Waals surface area contributed by atoms with Crippen molar-refractivity contribution in [2.24, 2.45) is 4.40 Å². The van der Waals surface area contributed by atoms with Crippen molar-refractivity contribution < 1.29 is 4.55 Å². The summed E-state index contributed by atoms with van der Waals surface area (Å²) >= 11 is -1.19. The molecular formula is C12H16NOS. The van der Waals surface area contributed by atoms with Crippen LogP contribution in [0.25, 0.3) is 0 Å². The Kier molecular flexibility index (Phi) is 3.94. The second-order valence-electron chi connectivity index (χ2n) is 4.39. The van der Waals surface area contributed by atoms with Crippen molar-refractivity contribution in [2.45, 2.75) is 32.4 Å². The van der Waals surface area contributed by atoms with E-state index in [4.69, 9.17) is 0 Å². The quantitative estimate of drug-likeness (QED) is 0.559. The fraction of sp³-hybridized carbons (Fsp3) is 0.417. The van der Waals surface area contributed by atoms with Crippen molar-refractivity contribution in [2.75, 3.05) is 0 Å². The Hall–Kier alpha value is -0.800. The first-order valence-corrected chi connectivity index (χ1v) is 5.95. The van der Waals surface area contributed by atoms with Gasteiger partial charge in [-0.15, -0.1) is 0 Å². The molecule has 81 valence electrons. The molecule has 0 saturated heterocycles. The van der Waals surface area contributed by atoms with Gasteiger partial charge in [0.25, 0.3) is 0 Å². The highest BCUT2D eigenvalue weighted by molar-refractivity contribution is 7.91. The molecule has 3 heteroatoms. The van der Waals surface area contributed by atoms with Gasteiger partial charge in [-0.25, -0.2) is 0 Å². The topological polar surface area (TPSA) is 35.4 Å². The fourth-order valence-electron chi connectivity index (χ4n) is 0.945. The maximum absolute atomic E-state index is 11.6. The van der Waals surface area contributed by atoms with Crippen LogP contribution in [-0.2, 0) is 11.4 Å². The van der Waals surface area contributed by atoms with E-state index in [0.717, 1.165) is 11.1 Å². The molecule has 0 bridgehead atoms. The van der Waals surface area contributed by atoms with Gasteiger partial charge in [0, 0.05) is 5.56 Å². The van der Waals surface area contributed by atoms with Gasteiger partial charge < -0.3 is 4.55 Å². The van der Waals surface area contributed by atoms with Crippen LogP contribution in [0.15, 0.2) is 22.6 Å². The average Bonchev–Trinajstić information content (AvgIpc) is 2.12. The number of rotatable bonds is 2. The highest BCUT2D eigenvalue weighted by Crippen LogP contribution is 2.16. The number of nitrogens with zero attached hydrogens (tertiary/aromatic N) is 1. The van der Waals surface area contributed by atoms with E-state index in [0.29, 0.717) is 0 Å². The van der Waals surface area contributed by atoms with E-state index in [-0.39, 0.29) is 4.75 Å². The lowest BCUT2D eigenvalue weighted by molar-refractivity contribution is 0.562. The van der Waals surface area contributed by atoms with Crippen LogP contribution in [0, 0.1) is 13.0 Å². The molecule has 1 aromatic carbocycles. The zero-order valence-corrected chi connectivity index (χ0v) is 10.4. The van der Waals surface area contributed by atoms with Crippen LogP contribution in [0.4, 0.5) is 0 Å². The molecule has 0 aromatic heterocycles. The van der Waals surface area contributed by atoms with E-state index < -0.39 is 11.4 Å². The van der Waals surface area contributed by atoms with Crippen molar-refractivity contribution in [3.05, 3.63) is 35.4 Å². The smallest absolute Gasteiger partial charge is 0.144 e. The van der Waals surface area contributed by atoms with Gasteiger partial charge in [-0.05, 0) is 39.3 Å². The van der Waals surface area contributed by atoms with Gasteiger partial charge in [-0.1, -0.05) is 22.6 Å². The molecule has 0 unspecified atom stereocenters. The van der Waals surface area contributed by atoms with E-state index in [1.54, 1.807) is 6.21 Å². The summed E-state index contributed by atoms with van der Waals surface area (Å²) in [7, 11) is 0. The summed E-state index contributed by atoms with van der Waals surface area (Å²) in [5.74, 6) is 0. The third-order valence-electron chi connectivity index (χ3n) is 1.77. The van der Waals surface area contributed by atoms with Crippen LogP contribution in [-0.4, -0.2) is 15.5 Å². The second-order valence-corrected chi connectivity index (χ2v) is 6.32. The SMILES string of the molecule is Cc1[c]c(/C=N/[S@@+]([O-])C(C)(C)C)ccc1. The summed E-state index contributed by atoms with van der Waals surface area (Å²) < 4.78 is 15.3. The summed E-state index contributed by atoms with van der Waals surface area (Å²) in [5, 5.41) is 0. The molecule has 1 rings (SSSR count). The van der Waals surface area contributed by atoms with Gasteiger partial charge >= 0.3 is 0 Å². The number of hydrogen-bond donors (Lipinski definition) is 0. The normalized spacial score (nSPS) is 14.5. The Balaban J connectivity index is 2.74. The van der Waals surface area contributed by atoms with Crippen molar-refractivity contribution in [3.8, 4) is 0 Å². The van der Waals surface area contributed by atoms with E-state index >= 15 is 0 Å². The first kappa shape index (κ1) is 12.3. The summed E-state index contributed by atoms with van der Waals surface area (Å²) in [6, 6.07) is 8.94. The van der Waals surface area contributed by atoms with Crippen molar-refractivity contribution in [1.29, 1.82) is 0 Å². The maximum Gasteiger partial charge on any atom is 0.144 e. The Morgan fingerprint density at radius 2 is 2.07 bits per heavy atom. The molecule has 1 aromatic rings. The highest BCUT2D eigenvalue weighted by Gasteiger charge is 2.25. The molecule has 0 N–H and O–H groups in total. The summed E-state index contributed by atoms with van der Waals surface area (Å²) in [6.45, 7) is 7.68. The summed E-state index contributed by atoms with van der Waals surface area (Å²) in [4.78, 5) is 0. The largest absolute Gasteiger partial charge is 0.591 e. The standard InChI is InChI=1S/C12H16NOS/c1-10-6-5-7-11(8-10)9-13-15(14)12(2,3)4/h5-7,9H,1-4H3/b13-9+/t15-/m0/s1. The predicted octanol–water partition coefficient (Wildman–Crippen LogP) is 2.68. The Bertz CT molecular complexity index is 355. The molecule has 2 nitrogen and oxygen atoms in total. The molecule has 0 aliphatic rings. The Morgan fingerprint density at radius 1 is 1.40 bits per heavy atom. The Morgan fingerprint density at radius 3 is 2.60 bits per heavy atom. The molecule has 0 aliphatic carbocycles. The molecule has 1 radical (unpaired) electrons. The molecule has 0 aliphatic heterocycles. The molecule has 0 spiro atoms. The zero-order valence-electron chi connectivity index (χ0n) is 9.57. The van der Waals surface area contributed by atoms with Crippen LogP contribution in [0.2, 0.25) is 0 Å². The second kappa shape index (κ2) is 4.81. The molecule has 15 heavy (non-hydrogen) atoms. The monoisotopic (exact) mass is 222 g/mol. The molecule has 1 atom stereocenters. The van der Waals surface area contributed by atoms with Crippen LogP contribution < -0.4 is 0 Å². The van der Waals surface area contributed by atoms with Crippen molar-refractivity contribution in [3.63, 3.8) is 0 Å². The van der Waals surface area contributed by atoms with E-state index in [1.165, 1.54) is 0 Å². The van der Waals surface area contributed by atoms with Crippen molar-refractivity contribution in [1.82, 2.24) is 0 Å². The molecule has 0 saturated carbocycles. The number of aryl methyl sites for hydroxylation is 1. The number of hydrogen-bond acceptors (Lipinski definition) is 2. The third-order valence-corrected chi connectivity index (χ3v) is 3.12. The lowest BCUT2D eigenvalue weighted by Crippen LogP contribution is -2.25. The van der Waals surface area contributed by atoms with Crippen LogP contribution in [0.5, 0.6) is 0 Å². The summed E-state index contributed by atoms with van der Waals surface area (Å²) in [6.07, 6.45) is 1.62. The van der Waals surface area contributed by atoms with Crippen molar-refractivity contribution >= 4 is 17.6 Å². The minimum atomic E-state index is -1.19. The maximum atomic E-state index is 11.6. The lowest BCUT2D eigenvalue weighted by Gasteiger charge is -2.17. The molecule has 0 fully saturated rings. The van der Waals surface area contributed by atoms with E-state index in [1.807, 2.05) is 45.9 Å². The van der Waals surface area contributed by atoms with Crippen LogP contribution in [0.3, 0.4) is 0 Å². The van der Waals surface area contributed by atoms with Gasteiger partial charge in [0.05, 0.1) is 6.21 Å². The van der Waals surface area contributed by atoms with Gasteiger partial charge in [-0.2, -0.15) is 0 Å². The molecule has 0 heterocycles. The van der Waals surface area contributed by atoms with Gasteiger partial charge in [0.15, 0.2) is 0 Å². The van der Waals surface area contributed by atoms with Gasteiger partial charge in [0.2, 0.25) is 0 Å². The van der Waals surface area contributed by atoms with Crippen LogP contribution in [0.1, 0.15) is 31.9 Å². The average molecular weight is 222 g/mol. The molecular weight excluding hydrogens is 206 g/mol. The minimum absolute atomic E-state index is 0.305. The van der Waals surface area contributed by atoms with Crippen LogP contribution >= 0.6 is 0 Å². The van der Waals surface area contributed by atoms with Gasteiger partial charge in [-0.3, -0.25) is 0 Å². The Labute approximate surface area is 94.7 Å². The fourth-order valence-corrected chi connectivity index (χ4v) is 1.47. The predicted molar refractivity (Wildman–Crippen MR) is 65.5 cm³/mol. The van der Waals surface area contributed by atoms with E-state index in [9.17, 15) is 4.55 Å². The first-order chi connectivity index (χ1) is 6.89. The minimum Gasteiger partial charge on any atom is -0.591 e. The van der Waals surface area contributed by atoms with E-state index in [2.05, 4.69) is 10.5 Å².